The lowest BCUT2D eigenvalue weighted by atomic mass is 10.1. The van der Waals surface area contributed by atoms with Crippen LogP contribution in [-0.4, -0.2) is 21.0 Å². The smallest absolute Gasteiger partial charge is 0.321 e. The molecule has 0 unspecified atom stereocenters. The van der Waals surface area contributed by atoms with E-state index < -0.39 is 11.2 Å². The third kappa shape index (κ3) is 3.07. The summed E-state index contributed by atoms with van der Waals surface area (Å²) < 4.78 is 0. The van der Waals surface area contributed by atoms with E-state index in [2.05, 4.69) is 9.97 Å². The normalized spacial score (nSPS) is 12.1. The van der Waals surface area contributed by atoms with Crippen LogP contribution >= 0.6 is 11.8 Å². The van der Waals surface area contributed by atoms with Crippen molar-refractivity contribution in [1.82, 2.24) is 9.97 Å². The van der Waals surface area contributed by atoms with E-state index in [0.717, 1.165) is 23.0 Å². The van der Waals surface area contributed by atoms with Crippen LogP contribution in [0.5, 0.6) is 0 Å². The van der Waals surface area contributed by atoms with E-state index in [0.29, 0.717) is 5.16 Å². The second kappa shape index (κ2) is 5.64. The summed E-state index contributed by atoms with van der Waals surface area (Å²) >= 11 is 1.14. The van der Waals surface area contributed by atoms with Gasteiger partial charge >= 0.3 is 5.97 Å². The molecule has 0 fully saturated rings. The summed E-state index contributed by atoms with van der Waals surface area (Å²) in [5, 5.41) is 9.07. The molecule has 0 radical (unpaired) electrons. The van der Waals surface area contributed by atoms with Gasteiger partial charge in [0.05, 0.1) is 0 Å². The van der Waals surface area contributed by atoms with Gasteiger partial charge in [0, 0.05) is 11.9 Å². The lowest BCUT2D eigenvalue weighted by Crippen LogP contribution is -2.08. The molecule has 5 heteroatoms. The van der Waals surface area contributed by atoms with Crippen LogP contribution in [0.15, 0.2) is 47.8 Å². The highest BCUT2D eigenvalue weighted by Gasteiger charge is 2.22. The van der Waals surface area contributed by atoms with Crippen LogP contribution in [0, 0.1) is 6.92 Å². The van der Waals surface area contributed by atoms with Crippen LogP contribution in [-0.2, 0) is 4.79 Å². The van der Waals surface area contributed by atoms with Crippen LogP contribution in [0.1, 0.15) is 16.5 Å². The van der Waals surface area contributed by atoms with Crippen molar-refractivity contribution in [2.75, 3.05) is 0 Å². The van der Waals surface area contributed by atoms with Gasteiger partial charge in [-0.2, -0.15) is 0 Å². The third-order valence-electron chi connectivity index (χ3n) is 2.32. The Morgan fingerprint density at radius 2 is 2.00 bits per heavy atom. The number of aromatic nitrogens is 2. The van der Waals surface area contributed by atoms with Crippen LogP contribution in [0.4, 0.5) is 0 Å². The first-order valence-electron chi connectivity index (χ1n) is 5.41. The zero-order valence-electron chi connectivity index (χ0n) is 9.78. The molecule has 0 aliphatic heterocycles. The summed E-state index contributed by atoms with van der Waals surface area (Å²) in [5.74, 6) is -0.892. The number of benzene rings is 1. The lowest BCUT2D eigenvalue weighted by molar-refractivity contribution is -0.136. The molecule has 0 saturated heterocycles. The number of nitrogens with zero attached hydrogens (tertiary/aromatic N) is 2. The van der Waals surface area contributed by atoms with E-state index in [4.69, 9.17) is 0 Å². The van der Waals surface area contributed by atoms with E-state index >= 15 is 0 Å². The SMILES string of the molecule is Cc1ccnc(S[C@@H](C(=O)O)c2ccccc2)n1. The number of carboxylic acids is 1. The molecule has 1 atom stereocenters. The Hall–Kier alpha value is -1.88. The van der Waals surface area contributed by atoms with E-state index in [9.17, 15) is 9.90 Å². The minimum absolute atomic E-state index is 0.478. The quantitative estimate of drug-likeness (QED) is 0.676. The number of carboxylic acid groups (broad SMARTS) is 1. The van der Waals surface area contributed by atoms with Gasteiger partial charge in [0.15, 0.2) is 5.16 Å². The molecule has 92 valence electrons. The van der Waals surface area contributed by atoms with Crippen molar-refractivity contribution in [1.29, 1.82) is 0 Å². The fourth-order valence-corrected chi connectivity index (χ4v) is 2.40. The van der Waals surface area contributed by atoms with E-state index in [-0.39, 0.29) is 0 Å². The van der Waals surface area contributed by atoms with E-state index in [1.165, 1.54) is 0 Å². The van der Waals surface area contributed by atoms with Gasteiger partial charge in [-0.1, -0.05) is 42.1 Å². The first kappa shape index (κ1) is 12.6. The number of thioether (sulfide) groups is 1. The predicted octanol–water partition coefficient (Wildman–Crippen LogP) is 2.70. The molecule has 1 heterocycles. The first-order chi connectivity index (χ1) is 8.66. The summed E-state index contributed by atoms with van der Waals surface area (Å²) in [5.41, 5.74) is 1.56. The molecule has 1 aromatic carbocycles. The predicted molar refractivity (Wildman–Crippen MR) is 69.4 cm³/mol. The number of aryl methyl sites for hydroxylation is 1. The zero-order chi connectivity index (χ0) is 13.0. The number of aliphatic carboxylic acids is 1. The Labute approximate surface area is 109 Å². The van der Waals surface area contributed by atoms with Gasteiger partial charge in [0.1, 0.15) is 5.25 Å². The van der Waals surface area contributed by atoms with Gasteiger partial charge in [-0.3, -0.25) is 4.79 Å². The molecule has 2 rings (SSSR count). The summed E-state index contributed by atoms with van der Waals surface area (Å²) in [4.78, 5) is 19.6. The molecule has 2 aromatic rings. The Morgan fingerprint density at radius 3 is 2.61 bits per heavy atom. The standard InChI is InChI=1S/C13H12N2O2S/c1-9-7-8-14-13(15-9)18-11(12(16)17)10-5-3-2-4-6-10/h2-8,11H,1H3,(H,16,17)/t11-/m1/s1. The van der Waals surface area contributed by atoms with Crippen LogP contribution in [0.2, 0.25) is 0 Å². The van der Waals surface area contributed by atoms with Crippen LogP contribution < -0.4 is 0 Å². The highest BCUT2D eigenvalue weighted by molar-refractivity contribution is 8.00. The number of carbonyl (C=O) groups is 1. The van der Waals surface area contributed by atoms with E-state index in [1.54, 1.807) is 24.4 Å². The minimum Gasteiger partial charge on any atom is -0.480 e. The highest BCUT2D eigenvalue weighted by atomic mass is 32.2. The molecule has 0 amide bonds. The maximum absolute atomic E-state index is 11.3. The van der Waals surface area contributed by atoms with Crippen molar-refractivity contribution >= 4 is 17.7 Å². The van der Waals surface area contributed by atoms with Gasteiger partial charge in [-0.05, 0) is 18.6 Å². The van der Waals surface area contributed by atoms with Crippen LogP contribution in [0.25, 0.3) is 0 Å². The maximum Gasteiger partial charge on any atom is 0.321 e. The average molecular weight is 260 g/mol. The molecule has 0 spiro atoms. The maximum atomic E-state index is 11.3. The lowest BCUT2D eigenvalue weighted by Gasteiger charge is -2.11. The fourth-order valence-electron chi connectivity index (χ4n) is 1.48. The Morgan fingerprint density at radius 1 is 1.28 bits per heavy atom. The van der Waals surface area contributed by atoms with E-state index in [1.807, 2.05) is 25.1 Å². The highest BCUT2D eigenvalue weighted by Crippen LogP contribution is 2.33. The molecule has 4 nitrogen and oxygen atoms in total. The number of hydrogen-bond acceptors (Lipinski definition) is 4. The Kier molecular flexibility index (Phi) is 3.94. The van der Waals surface area contributed by atoms with Crippen molar-refractivity contribution in [2.24, 2.45) is 0 Å². The monoisotopic (exact) mass is 260 g/mol. The van der Waals surface area contributed by atoms with Gasteiger partial charge in [0.25, 0.3) is 0 Å². The van der Waals surface area contributed by atoms with Crippen molar-refractivity contribution < 1.29 is 9.90 Å². The Balaban J connectivity index is 2.25. The third-order valence-corrected chi connectivity index (χ3v) is 3.44. The fraction of sp³-hybridized carbons (Fsp3) is 0.154. The van der Waals surface area contributed by atoms with Crippen molar-refractivity contribution in [3.8, 4) is 0 Å². The average Bonchev–Trinajstić information content (AvgIpc) is 2.37. The Bertz CT molecular complexity index is 546. The molecule has 0 aliphatic rings. The molecular weight excluding hydrogens is 248 g/mol. The van der Waals surface area contributed by atoms with Crippen LogP contribution in [0.3, 0.4) is 0 Å². The summed E-state index contributed by atoms with van der Waals surface area (Å²) in [6, 6.07) is 10.9. The molecule has 0 bridgehead atoms. The zero-order valence-corrected chi connectivity index (χ0v) is 10.6. The topological polar surface area (TPSA) is 63.1 Å². The largest absolute Gasteiger partial charge is 0.480 e. The van der Waals surface area contributed by atoms with Crippen molar-refractivity contribution in [3.05, 3.63) is 53.9 Å². The summed E-state index contributed by atoms with van der Waals surface area (Å²) in [6.45, 7) is 1.85. The van der Waals surface area contributed by atoms with Gasteiger partial charge in [-0.25, -0.2) is 9.97 Å². The summed E-state index contributed by atoms with van der Waals surface area (Å²) in [6.07, 6.45) is 1.63. The summed E-state index contributed by atoms with van der Waals surface area (Å²) in [7, 11) is 0. The molecule has 1 N–H and O–H groups in total. The van der Waals surface area contributed by atoms with Gasteiger partial charge in [-0.15, -0.1) is 0 Å². The number of rotatable bonds is 4. The minimum atomic E-state index is -0.892. The first-order valence-corrected chi connectivity index (χ1v) is 6.29. The van der Waals surface area contributed by atoms with Crippen molar-refractivity contribution in [2.45, 2.75) is 17.3 Å². The molecule has 0 aliphatic carbocycles. The molecular formula is C13H12N2O2S. The second-order valence-electron chi connectivity index (χ2n) is 3.73. The molecule has 0 saturated carbocycles. The molecule has 1 aromatic heterocycles. The van der Waals surface area contributed by atoms with Gasteiger partial charge in [0.2, 0.25) is 0 Å². The van der Waals surface area contributed by atoms with Gasteiger partial charge < -0.3 is 5.11 Å². The number of hydrogen-bond donors (Lipinski definition) is 1. The van der Waals surface area contributed by atoms with Crippen molar-refractivity contribution in [3.63, 3.8) is 0 Å². The second-order valence-corrected chi connectivity index (χ2v) is 4.80. The molecule has 18 heavy (non-hydrogen) atoms.